The fraction of sp³-hybridized carbons (Fsp3) is 0.214. The number of aryl methyl sites for hydroxylation is 1. The minimum absolute atomic E-state index is 0.00926. The number of benzene rings is 1. The molecule has 0 spiro atoms. The molecule has 0 fully saturated rings. The van der Waals surface area contributed by atoms with Gasteiger partial charge >= 0.3 is 5.97 Å². The Balaban J connectivity index is 2.18. The van der Waals surface area contributed by atoms with Crippen molar-refractivity contribution in [3.8, 4) is 0 Å². The molecule has 21 heavy (non-hydrogen) atoms. The zero-order valence-electron chi connectivity index (χ0n) is 11.2. The van der Waals surface area contributed by atoms with Gasteiger partial charge in [-0.15, -0.1) is 0 Å². The number of hydrogen-bond donors (Lipinski definition) is 2. The Labute approximate surface area is 119 Å². The van der Waals surface area contributed by atoms with Gasteiger partial charge in [0.05, 0.1) is 18.2 Å². The number of carbonyl (C=O) groups excluding carboxylic acids is 1. The van der Waals surface area contributed by atoms with E-state index < -0.39 is 23.7 Å². The molecular formula is C14H13FN2O4. The van der Waals surface area contributed by atoms with Gasteiger partial charge in [-0.3, -0.25) is 9.59 Å². The molecule has 1 aromatic carbocycles. The van der Waals surface area contributed by atoms with Gasteiger partial charge in [-0.1, -0.05) is 17.3 Å². The molecule has 0 aliphatic carbocycles. The molecule has 1 atom stereocenters. The number of nitrogens with zero attached hydrogens (tertiary/aromatic N) is 1. The summed E-state index contributed by atoms with van der Waals surface area (Å²) in [5.41, 5.74) is 1.03. The molecule has 0 aliphatic heterocycles. The molecule has 0 aliphatic rings. The number of hydrogen-bond acceptors (Lipinski definition) is 4. The van der Waals surface area contributed by atoms with Crippen LogP contribution in [0.15, 0.2) is 34.9 Å². The lowest BCUT2D eigenvalue weighted by Gasteiger charge is -2.16. The second-order valence-corrected chi connectivity index (χ2v) is 4.51. The molecule has 0 unspecified atom stereocenters. The van der Waals surface area contributed by atoms with Gasteiger partial charge in [0, 0.05) is 6.07 Å². The number of rotatable bonds is 5. The van der Waals surface area contributed by atoms with Crippen molar-refractivity contribution in [3.05, 3.63) is 53.2 Å². The Morgan fingerprint density at radius 2 is 2.05 bits per heavy atom. The van der Waals surface area contributed by atoms with Gasteiger partial charge in [-0.2, -0.15) is 0 Å². The third-order valence-electron chi connectivity index (χ3n) is 2.81. The monoisotopic (exact) mass is 292 g/mol. The largest absolute Gasteiger partial charge is 0.481 e. The maximum Gasteiger partial charge on any atom is 0.305 e. The molecule has 7 heteroatoms. The van der Waals surface area contributed by atoms with Crippen LogP contribution in [0.3, 0.4) is 0 Å². The van der Waals surface area contributed by atoms with Crippen molar-refractivity contribution in [1.82, 2.24) is 10.5 Å². The standard InChI is InChI=1S/C14H13FN2O4/c1-8-6-12(21-17-8)14(20)16-11(7-13(18)19)9-2-4-10(15)5-3-9/h2-6,11H,7H2,1H3,(H,16,20)(H,18,19)/t11-/m1/s1. The van der Waals surface area contributed by atoms with E-state index in [9.17, 15) is 14.0 Å². The highest BCUT2D eigenvalue weighted by Gasteiger charge is 2.21. The van der Waals surface area contributed by atoms with E-state index in [2.05, 4.69) is 10.5 Å². The molecule has 2 N–H and O–H groups in total. The molecule has 0 bridgehead atoms. The van der Waals surface area contributed by atoms with Crippen LogP contribution in [0.5, 0.6) is 0 Å². The van der Waals surface area contributed by atoms with Crippen molar-refractivity contribution < 1.29 is 23.6 Å². The summed E-state index contributed by atoms with van der Waals surface area (Å²) in [4.78, 5) is 22.9. The van der Waals surface area contributed by atoms with Crippen molar-refractivity contribution in [1.29, 1.82) is 0 Å². The van der Waals surface area contributed by atoms with Crippen LogP contribution in [0.25, 0.3) is 0 Å². The summed E-state index contributed by atoms with van der Waals surface area (Å²) in [6.45, 7) is 1.66. The molecule has 2 aromatic rings. The smallest absolute Gasteiger partial charge is 0.305 e. The minimum atomic E-state index is -1.08. The van der Waals surface area contributed by atoms with Crippen LogP contribution >= 0.6 is 0 Å². The van der Waals surface area contributed by atoms with E-state index in [-0.39, 0.29) is 12.2 Å². The summed E-state index contributed by atoms with van der Waals surface area (Å²) < 4.78 is 17.7. The molecule has 1 aromatic heterocycles. The molecule has 0 saturated heterocycles. The van der Waals surface area contributed by atoms with Crippen LogP contribution in [-0.2, 0) is 4.79 Å². The third kappa shape index (κ3) is 3.88. The Kier molecular flexibility index (Phi) is 4.32. The van der Waals surface area contributed by atoms with E-state index in [0.29, 0.717) is 11.3 Å². The van der Waals surface area contributed by atoms with Gasteiger partial charge in [0.2, 0.25) is 5.76 Å². The summed E-state index contributed by atoms with van der Waals surface area (Å²) in [7, 11) is 0. The summed E-state index contributed by atoms with van der Waals surface area (Å²) in [6.07, 6.45) is -0.329. The summed E-state index contributed by atoms with van der Waals surface area (Å²) in [6, 6.07) is 5.91. The Morgan fingerprint density at radius 1 is 1.38 bits per heavy atom. The van der Waals surface area contributed by atoms with Crippen LogP contribution in [0, 0.1) is 12.7 Å². The number of carboxylic acids is 1. The number of amides is 1. The van der Waals surface area contributed by atoms with Crippen LogP contribution in [0.2, 0.25) is 0 Å². The average molecular weight is 292 g/mol. The van der Waals surface area contributed by atoms with Crippen LogP contribution in [-0.4, -0.2) is 22.1 Å². The Morgan fingerprint density at radius 3 is 2.57 bits per heavy atom. The van der Waals surface area contributed by atoms with Gasteiger partial charge in [0.15, 0.2) is 0 Å². The van der Waals surface area contributed by atoms with Crippen LogP contribution < -0.4 is 5.32 Å². The molecule has 110 valence electrons. The molecular weight excluding hydrogens is 279 g/mol. The maximum absolute atomic E-state index is 12.9. The first kappa shape index (κ1) is 14.7. The molecule has 0 radical (unpaired) electrons. The van der Waals surface area contributed by atoms with Crippen molar-refractivity contribution >= 4 is 11.9 Å². The first-order chi connectivity index (χ1) is 9.95. The van der Waals surface area contributed by atoms with Crippen molar-refractivity contribution in [2.24, 2.45) is 0 Å². The quantitative estimate of drug-likeness (QED) is 0.880. The number of nitrogens with one attached hydrogen (secondary N) is 1. The zero-order valence-corrected chi connectivity index (χ0v) is 11.2. The molecule has 1 heterocycles. The van der Waals surface area contributed by atoms with Gasteiger partial charge in [-0.05, 0) is 24.6 Å². The van der Waals surface area contributed by atoms with Crippen molar-refractivity contribution in [2.45, 2.75) is 19.4 Å². The zero-order chi connectivity index (χ0) is 15.4. The SMILES string of the molecule is Cc1cc(C(=O)N[C@H](CC(=O)O)c2ccc(F)cc2)on1. The van der Waals surface area contributed by atoms with E-state index in [1.54, 1.807) is 6.92 Å². The van der Waals surface area contributed by atoms with Gasteiger partial charge in [0.1, 0.15) is 5.82 Å². The highest BCUT2D eigenvalue weighted by molar-refractivity contribution is 5.92. The van der Waals surface area contributed by atoms with E-state index in [1.807, 2.05) is 0 Å². The fourth-order valence-electron chi connectivity index (χ4n) is 1.82. The molecule has 0 saturated carbocycles. The number of carboxylic acid groups (broad SMARTS) is 1. The summed E-state index contributed by atoms with van der Waals surface area (Å²) in [5.74, 6) is -2.11. The highest BCUT2D eigenvalue weighted by Crippen LogP contribution is 2.18. The van der Waals surface area contributed by atoms with E-state index in [4.69, 9.17) is 9.63 Å². The second kappa shape index (κ2) is 6.17. The first-order valence-corrected chi connectivity index (χ1v) is 6.17. The van der Waals surface area contributed by atoms with Crippen LogP contribution in [0.1, 0.15) is 34.3 Å². The number of carbonyl (C=O) groups is 2. The van der Waals surface area contributed by atoms with E-state index in [1.165, 1.54) is 30.3 Å². The van der Waals surface area contributed by atoms with E-state index >= 15 is 0 Å². The van der Waals surface area contributed by atoms with Crippen molar-refractivity contribution in [3.63, 3.8) is 0 Å². The van der Waals surface area contributed by atoms with Gasteiger partial charge in [0.25, 0.3) is 5.91 Å². The highest BCUT2D eigenvalue weighted by atomic mass is 19.1. The third-order valence-corrected chi connectivity index (χ3v) is 2.81. The lowest BCUT2D eigenvalue weighted by atomic mass is 10.0. The molecule has 1 amide bonds. The predicted molar refractivity (Wildman–Crippen MR) is 70.1 cm³/mol. The average Bonchev–Trinajstić information content (AvgIpc) is 2.85. The lowest BCUT2D eigenvalue weighted by molar-refractivity contribution is -0.137. The summed E-state index contributed by atoms with van der Waals surface area (Å²) in [5, 5.41) is 15.1. The topological polar surface area (TPSA) is 92.4 Å². The minimum Gasteiger partial charge on any atom is -0.481 e. The predicted octanol–water partition coefficient (Wildman–Crippen LogP) is 2.07. The lowest BCUT2D eigenvalue weighted by Crippen LogP contribution is -2.30. The normalized spacial score (nSPS) is 11.9. The number of halogens is 1. The molecule has 2 rings (SSSR count). The van der Waals surface area contributed by atoms with Gasteiger partial charge in [-0.25, -0.2) is 4.39 Å². The number of aliphatic carboxylic acids is 1. The van der Waals surface area contributed by atoms with Crippen LogP contribution in [0.4, 0.5) is 4.39 Å². The second-order valence-electron chi connectivity index (χ2n) is 4.51. The van der Waals surface area contributed by atoms with Gasteiger partial charge < -0.3 is 14.9 Å². The Hall–Kier alpha value is -2.70. The number of aromatic nitrogens is 1. The summed E-state index contributed by atoms with van der Waals surface area (Å²) >= 11 is 0. The maximum atomic E-state index is 12.9. The fourth-order valence-corrected chi connectivity index (χ4v) is 1.82. The first-order valence-electron chi connectivity index (χ1n) is 6.17. The van der Waals surface area contributed by atoms with E-state index in [0.717, 1.165) is 0 Å². The molecule has 6 nitrogen and oxygen atoms in total. The Bertz CT molecular complexity index is 651. The van der Waals surface area contributed by atoms with Crippen molar-refractivity contribution in [2.75, 3.05) is 0 Å².